The van der Waals surface area contributed by atoms with Crippen molar-refractivity contribution in [3.05, 3.63) is 66.7 Å². The molecular weight excluding hydrogens is 419 g/mol. The average molecular weight is 443 g/mol. The summed E-state index contributed by atoms with van der Waals surface area (Å²) in [6, 6.07) is 17.9. The minimum Gasteiger partial charge on any atom is -0.465 e. The molecule has 0 fully saturated rings. The molecular formula is C22H24N2O6P+. The van der Waals surface area contributed by atoms with Gasteiger partial charge in [0.25, 0.3) is 5.69 Å². The van der Waals surface area contributed by atoms with Gasteiger partial charge in [-0.1, -0.05) is 36.4 Å². The molecule has 0 aliphatic rings. The van der Waals surface area contributed by atoms with E-state index in [2.05, 4.69) is 11.8 Å². The van der Waals surface area contributed by atoms with E-state index in [-0.39, 0.29) is 12.4 Å². The summed E-state index contributed by atoms with van der Waals surface area (Å²) in [5.74, 6) is -0.0465. The molecule has 3 aromatic rings. The maximum Gasteiger partial charge on any atom is 0.513 e. The number of benzene rings is 3. The molecule has 31 heavy (non-hydrogen) atoms. The molecule has 0 radical (unpaired) electrons. The number of carbonyl (C=O) groups is 1. The molecule has 0 aliphatic carbocycles. The van der Waals surface area contributed by atoms with Gasteiger partial charge in [0.2, 0.25) is 0 Å². The first-order chi connectivity index (χ1) is 14.8. The first-order valence-corrected chi connectivity index (χ1v) is 11.2. The van der Waals surface area contributed by atoms with Crippen LogP contribution < -0.4 is 14.1 Å². The van der Waals surface area contributed by atoms with Gasteiger partial charge in [-0.15, -0.1) is 0 Å². The number of nitrogens with zero attached hydrogens (tertiary/aromatic N) is 1. The van der Waals surface area contributed by atoms with Gasteiger partial charge in [0, 0.05) is 22.3 Å². The number of nitrogens with one attached hydrogen (secondary N) is 1. The van der Waals surface area contributed by atoms with Crippen molar-refractivity contribution >= 4 is 36.9 Å². The average Bonchev–Trinajstić information content (AvgIpc) is 2.74. The van der Waals surface area contributed by atoms with Crippen molar-refractivity contribution in [1.82, 2.24) is 5.09 Å². The molecule has 2 atom stereocenters. The fourth-order valence-corrected chi connectivity index (χ4v) is 4.39. The predicted molar refractivity (Wildman–Crippen MR) is 117 cm³/mol. The van der Waals surface area contributed by atoms with Gasteiger partial charge in [0.1, 0.15) is 17.5 Å². The molecule has 3 aromatic carbocycles. The Bertz CT molecular complexity index is 1130. The highest BCUT2D eigenvalue weighted by Crippen LogP contribution is 2.47. The summed E-state index contributed by atoms with van der Waals surface area (Å²) >= 11 is 0. The lowest BCUT2D eigenvalue weighted by molar-refractivity contribution is -0.706. The molecule has 0 aromatic heterocycles. The van der Waals surface area contributed by atoms with E-state index in [0.29, 0.717) is 16.2 Å². The van der Waals surface area contributed by atoms with Gasteiger partial charge in [0.05, 0.1) is 6.61 Å². The minimum atomic E-state index is -4.08. The van der Waals surface area contributed by atoms with Gasteiger partial charge < -0.3 is 13.8 Å². The maximum atomic E-state index is 13.7. The Labute approximate surface area is 180 Å². The van der Waals surface area contributed by atoms with Crippen molar-refractivity contribution in [2.24, 2.45) is 0 Å². The highest BCUT2D eigenvalue weighted by molar-refractivity contribution is 7.52. The molecule has 162 valence electrons. The van der Waals surface area contributed by atoms with Crippen LogP contribution in [0.3, 0.4) is 0 Å². The van der Waals surface area contributed by atoms with Crippen LogP contribution in [0.25, 0.3) is 10.8 Å². The van der Waals surface area contributed by atoms with Crippen molar-refractivity contribution in [2.75, 3.05) is 6.61 Å². The minimum absolute atomic E-state index is 0.185. The molecule has 0 spiro atoms. The van der Waals surface area contributed by atoms with Crippen LogP contribution in [-0.4, -0.2) is 35.3 Å². The third-order valence-electron chi connectivity index (χ3n) is 4.32. The van der Waals surface area contributed by atoms with Crippen LogP contribution in [-0.2, 0) is 14.1 Å². The van der Waals surface area contributed by atoms with Crippen LogP contribution in [0.15, 0.2) is 66.7 Å². The summed E-state index contributed by atoms with van der Waals surface area (Å²) in [6.45, 7) is 6.76. The quantitative estimate of drug-likeness (QED) is 0.124. The Morgan fingerprint density at radius 1 is 1.10 bits per heavy atom. The van der Waals surface area contributed by atoms with E-state index in [1.807, 2.05) is 30.3 Å². The van der Waals surface area contributed by atoms with E-state index in [1.165, 1.54) is 31.2 Å². The topological polar surface area (TPSA) is 97.1 Å². The maximum absolute atomic E-state index is 13.7. The third-order valence-corrected chi connectivity index (χ3v) is 5.91. The standard InChI is InChI=1S/C22H24N2O6P/c1-4-28-22(25)16(2)23-31(27,29-19-14-12-18(13-15-19)24(3)26)30-21-11-7-9-17-8-5-6-10-20(17)21/h5-16,26H,3-4H2,1-2H3,(H,23,27)/q+1/t16-,31+/m0/s1. The van der Waals surface area contributed by atoms with Crippen molar-refractivity contribution in [2.45, 2.75) is 19.9 Å². The molecule has 0 aliphatic heterocycles. The second kappa shape index (κ2) is 9.64. The zero-order valence-corrected chi connectivity index (χ0v) is 18.1. The SMILES string of the molecule is C=[N+](O)c1ccc(O[P@](=O)(N[C@@H](C)C(=O)OCC)Oc2cccc3ccccc23)cc1. The van der Waals surface area contributed by atoms with Gasteiger partial charge in [-0.25, -0.2) is 4.57 Å². The summed E-state index contributed by atoms with van der Waals surface area (Å²) in [7, 11) is -4.08. The fourth-order valence-electron chi connectivity index (χ4n) is 2.85. The van der Waals surface area contributed by atoms with Crippen LogP contribution >= 0.6 is 7.75 Å². The summed E-state index contributed by atoms with van der Waals surface area (Å²) < 4.78 is 30.9. The van der Waals surface area contributed by atoms with Crippen LogP contribution in [0.1, 0.15) is 13.8 Å². The molecule has 0 unspecified atom stereocenters. The normalized spacial score (nSPS) is 13.7. The van der Waals surface area contributed by atoms with Gasteiger partial charge in [-0.2, -0.15) is 5.09 Å². The van der Waals surface area contributed by atoms with Crippen LogP contribution in [0.4, 0.5) is 5.69 Å². The van der Waals surface area contributed by atoms with Crippen LogP contribution in [0, 0.1) is 0 Å². The highest BCUT2D eigenvalue weighted by Gasteiger charge is 2.34. The monoisotopic (exact) mass is 443 g/mol. The second-order valence-electron chi connectivity index (χ2n) is 6.65. The Morgan fingerprint density at radius 2 is 1.77 bits per heavy atom. The van der Waals surface area contributed by atoms with Gasteiger partial charge in [-0.3, -0.25) is 10.0 Å². The molecule has 9 heteroatoms. The first-order valence-electron chi connectivity index (χ1n) is 9.62. The van der Waals surface area contributed by atoms with Crippen LogP contribution in [0.5, 0.6) is 11.5 Å². The predicted octanol–water partition coefficient (Wildman–Crippen LogP) is 4.68. The Kier molecular flexibility index (Phi) is 6.95. The lowest BCUT2D eigenvalue weighted by atomic mass is 10.1. The van der Waals surface area contributed by atoms with E-state index in [1.54, 1.807) is 19.1 Å². The number of hydrogen-bond donors (Lipinski definition) is 2. The van der Waals surface area contributed by atoms with Gasteiger partial charge in [-0.05, 0) is 37.4 Å². The van der Waals surface area contributed by atoms with Crippen molar-refractivity contribution < 1.29 is 33.1 Å². The zero-order chi connectivity index (χ0) is 22.4. The first kappa shape index (κ1) is 22.3. The smallest absolute Gasteiger partial charge is 0.465 e. The Hall–Kier alpha value is -3.35. The summed E-state index contributed by atoms with van der Waals surface area (Å²) in [6.07, 6.45) is 0. The molecule has 0 saturated heterocycles. The second-order valence-corrected chi connectivity index (χ2v) is 8.27. The number of carbonyl (C=O) groups excluding carboxylic acids is 1. The van der Waals surface area contributed by atoms with Gasteiger partial charge in [0.15, 0.2) is 6.72 Å². The summed E-state index contributed by atoms with van der Waals surface area (Å²) in [4.78, 5) is 12.1. The van der Waals surface area contributed by atoms with Gasteiger partial charge >= 0.3 is 13.7 Å². The number of esters is 1. The summed E-state index contributed by atoms with van der Waals surface area (Å²) in [5.41, 5.74) is 0.407. The van der Waals surface area contributed by atoms with Crippen molar-refractivity contribution in [3.8, 4) is 11.5 Å². The van der Waals surface area contributed by atoms with E-state index in [0.717, 1.165) is 10.8 Å². The molecule has 2 N–H and O–H groups in total. The number of ether oxygens (including phenoxy) is 1. The Balaban J connectivity index is 1.93. The molecule has 0 amide bonds. The number of hydrogen-bond acceptors (Lipinski definition) is 6. The van der Waals surface area contributed by atoms with Crippen molar-refractivity contribution in [3.63, 3.8) is 0 Å². The number of rotatable bonds is 9. The lowest BCUT2D eigenvalue weighted by Crippen LogP contribution is -2.35. The largest absolute Gasteiger partial charge is 0.513 e. The fraction of sp³-hybridized carbons (Fsp3) is 0.182. The van der Waals surface area contributed by atoms with Crippen LogP contribution in [0.2, 0.25) is 0 Å². The molecule has 8 nitrogen and oxygen atoms in total. The number of fused-ring (bicyclic) bond motifs is 1. The molecule has 0 heterocycles. The van der Waals surface area contributed by atoms with E-state index >= 15 is 0 Å². The summed E-state index contributed by atoms with van der Waals surface area (Å²) in [5, 5.41) is 13.7. The van der Waals surface area contributed by atoms with E-state index in [4.69, 9.17) is 13.8 Å². The zero-order valence-electron chi connectivity index (χ0n) is 17.2. The van der Waals surface area contributed by atoms with Crippen molar-refractivity contribution in [1.29, 1.82) is 0 Å². The lowest BCUT2D eigenvalue weighted by Gasteiger charge is -2.23. The molecule has 0 bridgehead atoms. The Morgan fingerprint density at radius 3 is 2.45 bits per heavy atom. The van der Waals surface area contributed by atoms with E-state index in [9.17, 15) is 14.6 Å². The molecule has 0 saturated carbocycles. The third kappa shape index (κ3) is 5.63. The van der Waals surface area contributed by atoms with E-state index < -0.39 is 19.8 Å². The molecule has 3 rings (SSSR count). The highest BCUT2D eigenvalue weighted by atomic mass is 31.2.